The molecule has 0 saturated heterocycles. The molecule has 0 aliphatic rings. The van der Waals surface area contributed by atoms with Gasteiger partial charge in [-0.2, -0.15) is 5.26 Å². The molecular weight excluding hydrogens is 198 g/mol. The van der Waals surface area contributed by atoms with Crippen LogP contribution in [0, 0.1) is 18.3 Å². The highest BCUT2D eigenvalue weighted by atomic mass is 14.8. The van der Waals surface area contributed by atoms with Crippen molar-refractivity contribution < 1.29 is 0 Å². The van der Waals surface area contributed by atoms with Gasteiger partial charge in [-0.3, -0.25) is 0 Å². The van der Waals surface area contributed by atoms with Crippen LogP contribution >= 0.6 is 0 Å². The fourth-order valence-corrected chi connectivity index (χ4v) is 1.59. The maximum atomic E-state index is 8.73. The van der Waals surface area contributed by atoms with E-state index in [1.54, 1.807) is 6.07 Å². The molecule has 1 aromatic carbocycles. The van der Waals surface area contributed by atoms with Crippen LogP contribution in [0.2, 0.25) is 0 Å². The molecule has 2 aromatic rings. The van der Waals surface area contributed by atoms with Gasteiger partial charge < -0.3 is 0 Å². The molecule has 1 aromatic heterocycles. The molecule has 16 heavy (non-hydrogen) atoms. The zero-order valence-electron chi connectivity index (χ0n) is 9.01. The van der Waals surface area contributed by atoms with Crippen molar-refractivity contribution >= 4 is 0 Å². The van der Waals surface area contributed by atoms with Gasteiger partial charge in [0.05, 0.1) is 0 Å². The van der Waals surface area contributed by atoms with E-state index in [0.717, 1.165) is 12.1 Å². The number of hydrogen-bond acceptors (Lipinski definition) is 3. The first-order valence-electron chi connectivity index (χ1n) is 5.04. The predicted octanol–water partition coefficient (Wildman–Crippen LogP) is 2.25. The molecule has 0 saturated carbocycles. The Morgan fingerprint density at radius 3 is 2.88 bits per heavy atom. The van der Waals surface area contributed by atoms with Gasteiger partial charge in [-0.1, -0.05) is 29.8 Å². The molecule has 0 unspecified atom stereocenters. The van der Waals surface area contributed by atoms with Crippen molar-refractivity contribution in [3.05, 3.63) is 59.2 Å². The van der Waals surface area contributed by atoms with Crippen LogP contribution < -0.4 is 0 Å². The van der Waals surface area contributed by atoms with E-state index in [-0.39, 0.29) is 0 Å². The molecule has 0 fully saturated rings. The second-order valence-corrected chi connectivity index (χ2v) is 3.67. The van der Waals surface area contributed by atoms with Crippen LogP contribution in [0.4, 0.5) is 0 Å². The average molecular weight is 209 g/mol. The highest BCUT2D eigenvalue weighted by Gasteiger charge is 2.00. The van der Waals surface area contributed by atoms with Gasteiger partial charge in [0, 0.05) is 12.1 Å². The van der Waals surface area contributed by atoms with Crippen LogP contribution in [0.15, 0.2) is 36.7 Å². The average Bonchev–Trinajstić information content (AvgIpc) is 2.29. The lowest BCUT2D eigenvalue weighted by atomic mass is 10.1. The molecule has 0 aliphatic heterocycles. The van der Waals surface area contributed by atoms with Crippen molar-refractivity contribution in [2.24, 2.45) is 0 Å². The molecule has 0 radical (unpaired) electrons. The highest BCUT2D eigenvalue weighted by Crippen LogP contribution is 2.09. The smallest absolute Gasteiger partial charge is 0.144 e. The third kappa shape index (κ3) is 2.43. The predicted molar refractivity (Wildman–Crippen MR) is 60.7 cm³/mol. The highest BCUT2D eigenvalue weighted by molar-refractivity contribution is 5.28. The van der Waals surface area contributed by atoms with Crippen molar-refractivity contribution in [3.63, 3.8) is 0 Å². The summed E-state index contributed by atoms with van der Waals surface area (Å²) in [6.45, 7) is 2.06. The minimum atomic E-state index is 0.414. The number of aryl methyl sites for hydroxylation is 1. The molecule has 0 spiro atoms. The van der Waals surface area contributed by atoms with Crippen LogP contribution in [-0.4, -0.2) is 9.97 Å². The molecule has 1 heterocycles. The van der Waals surface area contributed by atoms with Crippen LogP contribution in [0.1, 0.15) is 22.5 Å². The lowest BCUT2D eigenvalue weighted by Gasteiger charge is -2.02. The lowest BCUT2D eigenvalue weighted by molar-refractivity contribution is 1.01. The molecule has 3 heteroatoms. The Morgan fingerprint density at radius 1 is 1.25 bits per heavy atom. The Labute approximate surface area is 94.4 Å². The van der Waals surface area contributed by atoms with E-state index >= 15 is 0 Å². The normalized spacial score (nSPS) is 9.75. The van der Waals surface area contributed by atoms with Gasteiger partial charge in [0.15, 0.2) is 0 Å². The largest absolute Gasteiger partial charge is 0.241 e. The second kappa shape index (κ2) is 4.54. The SMILES string of the molecule is Cc1cccc(Cc2cc(C#N)ncn2)c1. The number of hydrogen-bond donors (Lipinski definition) is 0. The Hall–Kier alpha value is -2.21. The van der Waals surface area contributed by atoms with Crippen molar-refractivity contribution in [2.45, 2.75) is 13.3 Å². The molecular formula is C13H11N3. The molecule has 2 rings (SSSR count). The molecule has 3 nitrogen and oxygen atoms in total. The topological polar surface area (TPSA) is 49.6 Å². The summed E-state index contributed by atoms with van der Waals surface area (Å²) in [7, 11) is 0. The Kier molecular flexibility index (Phi) is 2.93. The first-order chi connectivity index (χ1) is 7.78. The number of benzene rings is 1. The van der Waals surface area contributed by atoms with Crippen LogP contribution in [0.3, 0.4) is 0 Å². The fourth-order valence-electron chi connectivity index (χ4n) is 1.59. The maximum Gasteiger partial charge on any atom is 0.144 e. The number of rotatable bonds is 2. The van der Waals surface area contributed by atoms with Crippen molar-refractivity contribution in [2.75, 3.05) is 0 Å². The zero-order chi connectivity index (χ0) is 11.4. The number of aromatic nitrogens is 2. The minimum Gasteiger partial charge on any atom is -0.241 e. The van der Waals surface area contributed by atoms with E-state index in [9.17, 15) is 0 Å². The molecule has 78 valence electrons. The molecule has 0 aliphatic carbocycles. The fraction of sp³-hybridized carbons (Fsp3) is 0.154. The molecule has 0 atom stereocenters. The van der Waals surface area contributed by atoms with Gasteiger partial charge >= 0.3 is 0 Å². The van der Waals surface area contributed by atoms with E-state index < -0.39 is 0 Å². The maximum absolute atomic E-state index is 8.73. The Balaban J connectivity index is 2.24. The van der Waals surface area contributed by atoms with Gasteiger partial charge in [-0.15, -0.1) is 0 Å². The summed E-state index contributed by atoms with van der Waals surface area (Å²) < 4.78 is 0. The summed E-state index contributed by atoms with van der Waals surface area (Å²) >= 11 is 0. The van der Waals surface area contributed by atoms with E-state index in [1.165, 1.54) is 17.5 Å². The van der Waals surface area contributed by atoms with E-state index in [0.29, 0.717) is 5.69 Å². The van der Waals surface area contributed by atoms with Crippen molar-refractivity contribution in [1.82, 2.24) is 9.97 Å². The van der Waals surface area contributed by atoms with Gasteiger partial charge in [0.2, 0.25) is 0 Å². The van der Waals surface area contributed by atoms with Gasteiger partial charge in [0.1, 0.15) is 18.1 Å². The minimum absolute atomic E-state index is 0.414. The van der Waals surface area contributed by atoms with Crippen LogP contribution in [0.25, 0.3) is 0 Å². The van der Waals surface area contributed by atoms with E-state index in [2.05, 4.69) is 35.1 Å². The van der Waals surface area contributed by atoms with Crippen molar-refractivity contribution in [1.29, 1.82) is 5.26 Å². The second-order valence-electron chi connectivity index (χ2n) is 3.67. The molecule has 0 amide bonds. The number of nitriles is 1. The summed E-state index contributed by atoms with van der Waals surface area (Å²) in [6, 6.07) is 12.0. The zero-order valence-corrected chi connectivity index (χ0v) is 9.01. The molecule has 0 bridgehead atoms. The van der Waals surface area contributed by atoms with Gasteiger partial charge in [-0.05, 0) is 18.6 Å². The van der Waals surface area contributed by atoms with Crippen LogP contribution in [0.5, 0.6) is 0 Å². The van der Waals surface area contributed by atoms with E-state index in [4.69, 9.17) is 5.26 Å². The molecule has 0 N–H and O–H groups in total. The lowest BCUT2D eigenvalue weighted by Crippen LogP contribution is -1.95. The first-order valence-corrected chi connectivity index (χ1v) is 5.04. The summed E-state index contributed by atoms with van der Waals surface area (Å²) in [5.74, 6) is 0. The third-order valence-electron chi connectivity index (χ3n) is 2.31. The summed E-state index contributed by atoms with van der Waals surface area (Å²) in [6.07, 6.45) is 2.17. The summed E-state index contributed by atoms with van der Waals surface area (Å²) in [4.78, 5) is 7.99. The summed E-state index contributed by atoms with van der Waals surface area (Å²) in [5.41, 5.74) is 3.71. The standard InChI is InChI=1S/C13H11N3/c1-10-3-2-4-11(5-10)6-12-7-13(8-14)16-9-15-12/h2-5,7,9H,6H2,1H3. The van der Waals surface area contributed by atoms with E-state index in [1.807, 2.05) is 12.1 Å². The van der Waals surface area contributed by atoms with Crippen molar-refractivity contribution in [3.8, 4) is 6.07 Å². The van der Waals surface area contributed by atoms with Crippen LogP contribution in [-0.2, 0) is 6.42 Å². The van der Waals surface area contributed by atoms with Gasteiger partial charge in [0.25, 0.3) is 0 Å². The quantitative estimate of drug-likeness (QED) is 0.762. The van der Waals surface area contributed by atoms with Gasteiger partial charge in [-0.25, -0.2) is 9.97 Å². The third-order valence-corrected chi connectivity index (χ3v) is 2.31. The Morgan fingerprint density at radius 2 is 2.12 bits per heavy atom. The Bertz CT molecular complexity index is 541. The first kappa shape index (κ1) is 10.3. The number of nitrogens with zero attached hydrogens (tertiary/aromatic N) is 3. The monoisotopic (exact) mass is 209 g/mol. The summed E-state index contributed by atoms with van der Waals surface area (Å²) in [5, 5.41) is 8.73.